The molecule has 0 aliphatic carbocycles. The molecule has 1 aliphatic rings. The molecule has 0 saturated carbocycles. The Morgan fingerprint density at radius 3 is 2.59 bits per heavy atom. The Hall–Kier alpha value is -3.10. The van der Waals surface area contributed by atoms with Gasteiger partial charge in [-0.2, -0.15) is 8.42 Å². The van der Waals surface area contributed by atoms with Crippen LogP contribution in [-0.2, 0) is 16.5 Å². The van der Waals surface area contributed by atoms with Crippen molar-refractivity contribution in [1.29, 1.82) is 0 Å². The summed E-state index contributed by atoms with van der Waals surface area (Å²) in [6.07, 6.45) is 3.92. The lowest BCUT2D eigenvalue weighted by Gasteiger charge is -2.27. The monoisotopic (exact) mass is 411 g/mol. The van der Waals surface area contributed by atoms with Crippen molar-refractivity contribution in [3.05, 3.63) is 74.5 Å². The van der Waals surface area contributed by atoms with Crippen LogP contribution < -0.4 is 21.0 Å². The van der Waals surface area contributed by atoms with E-state index in [0.717, 1.165) is 24.9 Å². The largest absolute Gasteiger partial charge is 0.374 e. The lowest BCUT2D eigenvalue weighted by molar-refractivity contribution is 0.483. The molecule has 1 aliphatic heterocycles. The zero-order chi connectivity index (χ0) is 20.8. The Morgan fingerprint density at radius 1 is 1.17 bits per heavy atom. The number of aromatic amines is 1. The van der Waals surface area contributed by atoms with Crippen molar-refractivity contribution in [2.75, 3.05) is 18.5 Å². The third kappa shape index (κ3) is 3.64. The molecule has 0 saturated heterocycles. The Morgan fingerprint density at radius 2 is 1.90 bits per heavy atom. The molecule has 0 unspecified atom stereocenters. The number of anilines is 1. The van der Waals surface area contributed by atoms with Crippen molar-refractivity contribution in [1.82, 2.24) is 9.78 Å². The minimum Gasteiger partial charge on any atom is -0.374 e. The summed E-state index contributed by atoms with van der Waals surface area (Å²) in [5.74, 6) is 0. The summed E-state index contributed by atoms with van der Waals surface area (Å²) in [4.78, 5) is 14.9. The molecule has 150 valence electrons. The maximum atomic E-state index is 12.9. The maximum Gasteiger partial charge on any atom is 0.294 e. The highest BCUT2D eigenvalue weighted by Gasteiger charge is 2.14. The van der Waals surface area contributed by atoms with Crippen LogP contribution in [0.5, 0.6) is 0 Å². The standard InChI is InChI=1S/C21H21N3O4S/c1-14-19(13-15-5-10-20-16(12-15)4-3-11-23(20)2)21(25)24(22-14)17-6-8-18(9-7-17)29(26,27)28/h5-10,12-13,22H,1,3-4,11H2,2H3,(H,26,27,28). The highest BCUT2D eigenvalue weighted by atomic mass is 32.2. The molecule has 29 heavy (non-hydrogen) atoms. The molecule has 8 heteroatoms. The lowest BCUT2D eigenvalue weighted by Crippen LogP contribution is -2.34. The number of rotatable bonds is 3. The summed E-state index contributed by atoms with van der Waals surface area (Å²) in [5, 5.41) is 3.82. The van der Waals surface area contributed by atoms with Crippen LogP contribution in [0.3, 0.4) is 0 Å². The predicted molar refractivity (Wildman–Crippen MR) is 113 cm³/mol. The van der Waals surface area contributed by atoms with Gasteiger partial charge in [0.25, 0.3) is 15.7 Å². The van der Waals surface area contributed by atoms with Gasteiger partial charge in [-0.15, -0.1) is 0 Å². The van der Waals surface area contributed by atoms with Gasteiger partial charge in [-0.25, -0.2) is 4.68 Å². The van der Waals surface area contributed by atoms with Gasteiger partial charge in [-0.05, 0) is 66.4 Å². The molecule has 0 spiro atoms. The quantitative estimate of drug-likeness (QED) is 0.628. The van der Waals surface area contributed by atoms with Crippen molar-refractivity contribution >= 4 is 28.5 Å². The minimum absolute atomic E-state index is 0.235. The average Bonchev–Trinajstić information content (AvgIpc) is 2.96. The fourth-order valence-electron chi connectivity index (χ4n) is 3.65. The fraction of sp³-hybridized carbons (Fsp3) is 0.190. The van der Waals surface area contributed by atoms with E-state index in [1.807, 2.05) is 6.07 Å². The van der Waals surface area contributed by atoms with Crippen molar-refractivity contribution < 1.29 is 13.0 Å². The summed E-state index contributed by atoms with van der Waals surface area (Å²) < 4.78 is 32.8. The van der Waals surface area contributed by atoms with Gasteiger partial charge in [0.05, 0.1) is 21.2 Å². The van der Waals surface area contributed by atoms with E-state index >= 15 is 0 Å². The second-order valence-corrected chi connectivity index (χ2v) is 8.59. The van der Waals surface area contributed by atoms with Crippen LogP contribution in [0.1, 0.15) is 17.5 Å². The number of nitrogens with zero attached hydrogens (tertiary/aromatic N) is 2. The smallest absolute Gasteiger partial charge is 0.294 e. The minimum atomic E-state index is -4.29. The molecule has 0 radical (unpaired) electrons. The number of benzene rings is 2. The van der Waals surface area contributed by atoms with E-state index in [4.69, 9.17) is 4.55 Å². The number of hydrogen-bond donors (Lipinski definition) is 2. The number of aryl methyl sites for hydroxylation is 1. The van der Waals surface area contributed by atoms with E-state index in [1.54, 1.807) is 6.08 Å². The van der Waals surface area contributed by atoms with E-state index in [9.17, 15) is 13.2 Å². The summed E-state index contributed by atoms with van der Waals surface area (Å²) in [5.41, 5.74) is 3.56. The number of hydrogen-bond acceptors (Lipinski definition) is 4. The van der Waals surface area contributed by atoms with Crippen molar-refractivity contribution in [2.45, 2.75) is 17.7 Å². The highest BCUT2D eigenvalue weighted by molar-refractivity contribution is 7.85. The van der Waals surface area contributed by atoms with E-state index in [-0.39, 0.29) is 10.5 Å². The first-order valence-electron chi connectivity index (χ1n) is 9.18. The molecule has 0 fully saturated rings. The van der Waals surface area contributed by atoms with E-state index in [0.29, 0.717) is 16.3 Å². The third-order valence-corrected chi connectivity index (χ3v) is 6.03. The second-order valence-electron chi connectivity index (χ2n) is 7.17. The van der Waals surface area contributed by atoms with Crippen molar-refractivity contribution in [2.24, 2.45) is 0 Å². The van der Waals surface area contributed by atoms with Crippen LogP contribution in [0.15, 0.2) is 52.2 Å². The maximum absolute atomic E-state index is 12.9. The lowest BCUT2D eigenvalue weighted by atomic mass is 9.99. The van der Waals surface area contributed by atoms with E-state index in [1.165, 1.54) is 40.2 Å². The van der Waals surface area contributed by atoms with Gasteiger partial charge < -0.3 is 4.90 Å². The summed E-state index contributed by atoms with van der Waals surface area (Å²) in [6, 6.07) is 11.5. The number of H-pyrrole nitrogens is 1. The molecule has 2 heterocycles. The van der Waals surface area contributed by atoms with E-state index < -0.39 is 10.1 Å². The molecule has 2 aromatic carbocycles. The Kier molecular flexibility index (Phi) is 4.68. The van der Waals surface area contributed by atoms with Gasteiger partial charge in [-0.3, -0.25) is 14.4 Å². The summed E-state index contributed by atoms with van der Waals surface area (Å²) >= 11 is 0. The molecule has 7 nitrogen and oxygen atoms in total. The van der Waals surface area contributed by atoms with Gasteiger partial charge in [0.1, 0.15) is 0 Å². The van der Waals surface area contributed by atoms with E-state index in [2.05, 4.69) is 35.8 Å². The zero-order valence-corrected chi connectivity index (χ0v) is 16.7. The molecule has 0 bridgehead atoms. The number of fused-ring (bicyclic) bond motifs is 1. The second kappa shape index (κ2) is 7.06. The molecule has 3 aromatic rings. The molecule has 4 rings (SSSR count). The molecular formula is C21H21N3O4S. The van der Waals surface area contributed by atoms with Gasteiger partial charge in [0, 0.05) is 19.3 Å². The summed E-state index contributed by atoms with van der Waals surface area (Å²) in [6.45, 7) is 4.97. The van der Waals surface area contributed by atoms with Crippen LogP contribution >= 0.6 is 0 Å². The first-order valence-corrected chi connectivity index (χ1v) is 10.6. The topological polar surface area (TPSA) is 95.4 Å². The van der Waals surface area contributed by atoms with Crippen LogP contribution in [0.25, 0.3) is 18.3 Å². The SMILES string of the molecule is C=c1[nH]n(-c2ccc(S(=O)(=O)O)cc2)c(=O)c1=Cc1ccc2c(c1)CCCN2C. The van der Waals surface area contributed by atoms with Gasteiger partial charge in [0.2, 0.25) is 0 Å². The average molecular weight is 411 g/mol. The normalized spacial score (nSPS) is 14.8. The van der Waals surface area contributed by atoms with Crippen molar-refractivity contribution in [3.8, 4) is 5.69 Å². The third-order valence-electron chi connectivity index (χ3n) is 5.16. The van der Waals surface area contributed by atoms with Gasteiger partial charge in [0.15, 0.2) is 0 Å². The summed E-state index contributed by atoms with van der Waals surface area (Å²) in [7, 11) is -2.21. The Labute approximate surface area is 168 Å². The van der Waals surface area contributed by atoms with Gasteiger partial charge in [-0.1, -0.05) is 12.6 Å². The molecule has 0 atom stereocenters. The molecule has 1 aromatic heterocycles. The Balaban J connectivity index is 1.77. The highest BCUT2D eigenvalue weighted by Crippen LogP contribution is 2.26. The van der Waals surface area contributed by atoms with Crippen LogP contribution in [0.2, 0.25) is 0 Å². The van der Waals surface area contributed by atoms with Crippen molar-refractivity contribution in [3.63, 3.8) is 0 Å². The molecular weight excluding hydrogens is 390 g/mol. The first kappa shape index (κ1) is 19.2. The zero-order valence-electron chi connectivity index (χ0n) is 15.9. The van der Waals surface area contributed by atoms with Crippen LogP contribution in [0.4, 0.5) is 5.69 Å². The predicted octanol–water partition coefficient (Wildman–Crippen LogP) is 1.03. The number of nitrogens with one attached hydrogen (secondary N) is 1. The molecule has 0 amide bonds. The Bertz CT molecular complexity index is 1350. The molecule has 2 N–H and O–H groups in total. The fourth-order valence-corrected chi connectivity index (χ4v) is 4.13. The first-order chi connectivity index (χ1) is 13.7. The van der Waals surface area contributed by atoms with Crippen LogP contribution in [-0.4, -0.2) is 36.3 Å². The number of aromatic nitrogens is 2. The van der Waals surface area contributed by atoms with Gasteiger partial charge >= 0.3 is 0 Å². The van der Waals surface area contributed by atoms with Crippen LogP contribution in [0, 0.1) is 0 Å².